The Morgan fingerprint density at radius 1 is 1.21 bits per heavy atom. The Balaban J connectivity index is 4.58. The van der Waals surface area contributed by atoms with Crippen LogP contribution in [0.15, 0.2) is 0 Å². The number of carbonyl (C=O) groups is 2. The Bertz CT molecular complexity index is 282. The molecule has 0 unspecified atom stereocenters. The van der Waals surface area contributed by atoms with E-state index in [2.05, 4.69) is 0 Å². The maximum Gasteiger partial charge on any atom is 0.323 e. The van der Waals surface area contributed by atoms with Crippen LogP contribution in [0.2, 0.25) is 0 Å². The van der Waals surface area contributed by atoms with Crippen LogP contribution in [0, 0.1) is 5.92 Å². The highest BCUT2D eigenvalue weighted by molar-refractivity contribution is 5.80. The molecule has 2 amide bonds. The Kier molecular flexibility index (Phi) is 8.95. The summed E-state index contributed by atoms with van der Waals surface area (Å²) >= 11 is 0. The molecular weight excluding hydrogens is 248 g/mol. The normalized spacial score (nSPS) is 10.6. The Labute approximate surface area is 115 Å². The lowest BCUT2D eigenvalue weighted by Gasteiger charge is -2.30. The molecule has 0 heterocycles. The van der Waals surface area contributed by atoms with Crippen molar-refractivity contribution in [2.75, 3.05) is 39.4 Å². The molecule has 112 valence electrons. The van der Waals surface area contributed by atoms with Crippen molar-refractivity contribution < 1.29 is 19.4 Å². The Morgan fingerprint density at radius 2 is 1.84 bits per heavy atom. The molecule has 1 N–H and O–H groups in total. The predicted molar refractivity (Wildman–Crippen MR) is 73.2 cm³/mol. The van der Waals surface area contributed by atoms with Crippen molar-refractivity contribution >= 4 is 12.0 Å². The summed E-state index contributed by atoms with van der Waals surface area (Å²) in [4.78, 5) is 26.1. The van der Waals surface area contributed by atoms with Crippen molar-refractivity contribution in [1.29, 1.82) is 0 Å². The summed E-state index contributed by atoms with van der Waals surface area (Å²) in [5, 5.41) is 8.88. The summed E-state index contributed by atoms with van der Waals surface area (Å²) < 4.78 is 5.23. The Hall–Kier alpha value is -1.30. The number of amides is 2. The average Bonchev–Trinajstić information content (AvgIpc) is 2.32. The van der Waals surface area contributed by atoms with E-state index in [9.17, 15) is 9.59 Å². The first-order chi connectivity index (χ1) is 8.92. The lowest BCUT2D eigenvalue weighted by molar-refractivity contribution is -0.137. The molecule has 0 spiro atoms. The summed E-state index contributed by atoms with van der Waals surface area (Å²) in [5.41, 5.74) is 0. The number of carboxylic acids is 1. The molecule has 0 bridgehead atoms. The Morgan fingerprint density at radius 3 is 2.26 bits per heavy atom. The molecular formula is C13H26N2O4. The molecule has 19 heavy (non-hydrogen) atoms. The minimum Gasteiger partial charge on any atom is -0.480 e. The lowest BCUT2D eigenvalue weighted by Crippen LogP contribution is -2.47. The van der Waals surface area contributed by atoms with Crippen molar-refractivity contribution in [3.8, 4) is 0 Å². The van der Waals surface area contributed by atoms with Crippen LogP contribution < -0.4 is 0 Å². The average molecular weight is 274 g/mol. The van der Waals surface area contributed by atoms with Crippen LogP contribution in [0.1, 0.15) is 27.7 Å². The standard InChI is InChI=1S/C13H26N2O4/c1-5-14(7-8-19-6-2)13(18)15(9-11(3)4)10-12(16)17/h11H,5-10H2,1-4H3,(H,16,17). The van der Waals surface area contributed by atoms with E-state index in [0.717, 1.165) is 0 Å². The smallest absolute Gasteiger partial charge is 0.323 e. The van der Waals surface area contributed by atoms with Gasteiger partial charge in [0.2, 0.25) is 0 Å². The zero-order chi connectivity index (χ0) is 14.8. The van der Waals surface area contributed by atoms with Crippen molar-refractivity contribution in [3.63, 3.8) is 0 Å². The maximum absolute atomic E-state index is 12.3. The summed E-state index contributed by atoms with van der Waals surface area (Å²) in [6.07, 6.45) is 0. The number of hydrogen-bond donors (Lipinski definition) is 1. The van der Waals surface area contributed by atoms with Gasteiger partial charge in [0.25, 0.3) is 0 Å². The van der Waals surface area contributed by atoms with Crippen molar-refractivity contribution in [1.82, 2.24) is 9.80 Å². The number of rotatable bonds is 9. The number of ether oxygens (including phenoxy) is 1. The topological polar surface area (TPSA) is 70.1 Å². The van der Waals surface area contributed by atoms with E-state index in [4.69, 9.17) is 9.84 Å². The molecule has 0 aromatic rings. The van der Waals surface area contributed by atoms with Gasteiger partial charge in [-0.05, 0) is 19.8 Å². The van der Waals surface area contributed by atoms with Crippen LogP contribution >= 0.6 is 0 Å². The van der Waals surface area contributed by atoms with Gasteiger partial charge in [-0.3, -0.25) is 4.79 Å². The molecule has 6 nitrogen and oxygen atoms in total. The molecule has 0 aliphatic heterocycles. The highest BCUT2D eigenvalue weighted by Crippen LogP contribution is 2.04. The largest absolute Gasteiger partial charge is 0.480 e. The van der Waals surface area contributed by atoms with E-state index >= 15 is 0 Å². The number of carbonyl (C=O) groups excluding carboxylic acids is 1. The summed E-state index contributed by atoms with van der Waals surface area (Å²) in [6, 6.07) is -0.238. The second-order valence-electron chi connectivity index (χ2n) is 4.73. The van der Waals surface area contributed by atoms with Gasteiger partial charge < -0.3 is 19.6 Å². The van der Waals surface area contributed by atoms with Crippen molar-refractivity contribution in [3.05, 3.63) is 0 Å². The van der Waals surface area contributed by atoms with Crippen LogP contribution in [0.25, 0.3) is 0 Å². The zero-order valence-corrected chi connectivity index (χ0v) is 12.4. The first kappa shape index (κ1) is 17.7. The third-order valence-corrected chi connectivity index (χ3v) is 2.54. The fourth-order valence-electron chi connectivity index (χ4n) is 1.72. The van der Waals surface area contributed by atoms with E-state index in [-0.39, 0.29) is 18.5 Å². The van der Waals surface area contributed by atoms with Crippen molar-refractivity contribution in [2.24, 2.45) is 5.92 Å². The van der Waals surface area contributed by atoms with E-state index in [1.807, 2.05) is 27.7 Å². The first-order valence-electron chi connectivity index (χ1n) is 6.75. The highest BCUT2D eigenvalue weighted by Gasteiger charge is 2.22. The SMILES string of the molecule is CCOCCN(CC)C(=O)N(CC(=O)O)CC(C)C. The van der Waals surface area contributed by atoms with E-state index in [1.54, 1.807) is 4.90 Å². The zero-order valence-electron chi connectivity index (χ0n) is 12.4. The fourth-order valence-corrected chi connectivity index (χ4v) is 1.72. The van der Waals surface area contributed by atoms with Gasteiger partial charge in [-0.1, -0.05) is 13.8 Å². The van der Waals surface area contributed by atoms with Crippen LogP contribution in [-0.2, 0) is 9.53 Å². The van der Waals surface area contributed by atoms with Crippen LogP contribution in [0.3, 0.4) is 0 Å². The third kappa shape index (κ3) is 7.66. The molecule has 0 aromatic carbocycles. The molecule has 0 atom stereocenters. The molecule has 0 saturated carbocycles. The van der Waals surface area contributed by atoms with Crippen LogP contribution in [0.5, 0.6) is 0 Å². The number of urea groups is 1. The number of carboxylic acid groups (broad SMARTS) is 1. The molecule has 0 aliphatic carbocycles. The number of likely N-dealkylation sites (N-methyl/N-ethyl adjacent to an activating group) is 1. The molecule has 0 aliphatic rings. The molecule has 0 fully saturated rings. The number of hydrogen-bond acceptors (Lipinski definition) is 3. The lowest BCUT2D eigenvalue weighted by atomic mass is 10.2. The van der Waals surface area contributed by atoms with Crippen LogP contribution in [-0.4, -0.2) is 66.3 Å². The van der Waals surface area contributed by atoms with E-state index in [1.165, 1.54) is 4.90 Å². The third-order valence-electron chi connectivity index (χ3n) is 2.54. The minimum absolute atomic E-state index is 0.230. The molecule has 6 heteroatoms. The minimum atomic E-state index is -0.991. The monoisotopic (exact) mass is 274 g/mol. The second-order valence-corrected chi connectivity index (χ2v) is 4.73. The van der Waals surface area contributed by atoms with E-state index < -0.39 is 5.97 Å². The quantitative estimate of drug-likeness (QED) is 0.647. The number of aliphatic carboxylic acids is 1. The number of nitrogens with zero attached hydrogens (tertiary/aromatic N) is 2. The van der Waals surface area contributed by atoms with Gasteiger partial charge in [0, 0.05) is 26.2 Å². The van der Waals surface area contributed by atoms with Gasteiger partial charge in [0.1, 0.15) is 6.54 Å². The second kappa shape index (κ2) is 9.61. The maximum atomic E-state index is 12.3. The van der Waals surface area contributed by atoms with Gasteiger partial charge >= 0.3 is 12.0 Å². The molecule has 0 rings (SSSR count). The predicted octanol–water partition coefficient (Wildman–Crippen LogP) is 1.51. The van der Waals surface area contributed by atoms with Gasteiger partial charge in [-0.2, -0.15) is 0 Å². The summed E-state index contributed by atoms with van der Waals surface area (Å²) in [5.74, 6) is -0.760. The van der Waals surface area contributed by atoms with Gasteiger partial charge in [0.15, 0.2) is 0 Å². The van der Waals surface area contributed by atoms with Crippen LogP contribution in [0.4, 0.5) is 4.79 Å². The van der Waals surface area contributed by atoms with Gasteiger partial charge in [-0.25, -0.2) is 4.79 Å². The molecule has 0 radical (unpaired) electrons. The summed E-state index contributed by atoms with van der Waals surface area (Å²) in [7, 11) is 0. The van der Waals surface area contributed by atoms with E-state index in [0.29, 0.717) is 32.8 Å². The summed E-state index contributed by atoms with van der Waals surface area (Å²) in [6.45, 7) is 9.97. The highest BCUT2D eigenvalue weighted by atomic mass is 16.5. The van der Waals surface area contributed by atoms with Gasteiger partial charge in [-0.15, -0.1) is 0 Å². The molecule has 0 aromatic heterocycles. The molecule has 0 saturated heterocycles. The van der Waals surface area contributed by atoms with Crippen molar-refractivity contribution in [2.45, 2.75) is 27.7 Å². The van der Waals surface area contributed by atoms with Gasteiger partial charge in [0.05, 0.1) is 6.61 Å². The fraction of sp³-hybridized carbons (Fsp3) is 0.846. The first-order valence-corrected chi connectivity index (χ1v) is 6.75.